The maximum absolute atomic E-state index is 11.8. The topological polar surface area (TPSA) is 75.6 Å². The minimum absolute atomic E-state index is 0.264. The summed E-state index contributed by atoms with van der Waals surface area (Å²) in [6, 6.07) is 1.78. The summed E-state index contributed by atoms with van der Waals surface area (Å²) in [5.41, 5.74) is 1.17. The maximum atomic E-state index is 11.8. The molecule has 0 spiro atoms. The average molecular weight is 240 g/mol. The molecule has 2 heterocycles. The fourth-order valence-corrected chi connectivity index (χ4v) is 1.56. The van der Waals surface area contributed by atoms with E-state index in [2.05, 4.69) is 20.6 Å². The zero-order valence-electron chi connectivity index (χ0n) is 8.57. The van der Waals surface area contributed by atoms with E-state index in [1.54, 1.807) is 19.3 Å². The second-order valence-corrected chi connectivity index (χ2v) is 3.64. The lowest BCUT2D eigenvalue weighted by molar-refractivity contribution is 0.0941. The lowest BCUT2D eigenvalue weighted by Crippen LogP contribution is -2.25. The van der Waals surface area contributed by atoms with Crippen molar-refractivity contribution in [1.82, 2.24) is 25.3 Å². The second-order valence-electron chi connectivity index (χ2n) is 3.23. The van der Waals surface area contributed by atoms with Crippen LogP contribution in [0.4, 0.5) is 0 Å². The van der Waals surface area contributed by atoms with E-state index in [-0.39, 0.29) is 5.91 Å². The molecule has 0 fully saturated rings. The summed E-state index contributed by atoms with van der Waals surface area (Å²) >= 11 is 5.84. The van der Waals surface area contributed by atoms with E-state index < -0.39 is 0 Å². The lowest BCUT2D eigenvalue weighted by atomic mass is 10.3. The van der Waals surface area contributed by atoms with Crippen LogP contribution in [0, 0.1) is 0 Å². The normalized spacial score (nSPS) is 10.4. The smallest absolute Gasteiger partial charge is 0.271 e. The Kier molecular flexibility index (Phi) is 2.91. The molecule has 2 N–H and O–H groups in total. The lowest BCUT2D eigenvalue weighted by Gasteiger charge is -2.04. The summed E-state index contributed by atoms with van der Waals surface area (Å²) in [6.07, 6.45) is 3.06. The Balaban J connectivity index is 2.04. The molecule has 0 aromatic carbocycles. The number of nitrogens with zero attached hydrogens (tertiary/aromatic N) is 3. The zero-order chi connectivity index (χ0) is 11.5. The number of halogens is 1. The predicted octanol–water partition coefficient (Wildman–Crippen LogP) is 0.727. The first kappa shape index (κ1) is 10.7. The number of carbonyl (C=O) groups excluding carboxylic acids is 1. The summed E-state index contributed by atoms with van der Waals surface area (Å²) in [6.45, 7) is 0.375. The van der Waals surface area contributed by atoms with Crippen LogP contribution in [0.2, 0.25) is 5.02 Å². The molecule has 0 aliphatic rings. The highest BCUT2D eigenvalue weighted by Gasteiger charge is 2.14. The molecule has 0 atom stereocenters. The molecule has 2 rings (SSSR count). The molecule has 0 aliphatic heterocycles. The van der Waals surface area contributed by atoms with E-state index in [0.717, 1.165) is 5.69 Å². The van der Waals surface area contributed by atoms with Crippen LogP contribution in [0.5, 0.6) is 0 Å². The van der Waals surface area contributed by atoms with Gasteiger partial charge in [0.1, 0.15) is 5.69 Å². The van der Waals surface area contributed by atoms with Gasteiger partial charge in [-0.05, 0) is 6.07 Å². The van der Waals surface area contributed by atoms with Gasteiger partial charge in [0.25, 0.3) is 5.91 Å². The number of amides is 1. The summed E-state index contributed by atoms with van der Waals surface area (Å²) in [7, 11) is 1.66. The first-order valence-electron chi connectivity index (χ1n) is 4.62. The number of aromatic nitrogens is 4. The number of H-pyrrole nitrogens is 1. The van der Waals surface area contributed by atoms with Gasteiger partial charge in [0.2, 0.25) is 0 Å². The van der Waals surface area contributed by atoms with E-state index in [1.807, 2.05) is 0 Å². The standard InChI is InChI=1S/C9H10ClN5O/c1-15-8(7(10)5-13-15)9(16)11-4-6-2-3-12-14-6/h2-3,5H,4H2,1H3,(H,11,16)(H,12,14). The number of hydrogen-bond acceptors (Lipinski definition) is 3. The zero-order valence-corrected chi connectivity index (χ0v) is 9.32. The fraction of sp³-hybridized carbons (Fsp3) is 0.222. The molecule has 0 radical (unpaired) electrons. The van der Waals surface area contributed by atoms with Crippen molar-refractivity contribution >= 4 is 17.5 Å². The van der Waals surface area contributed by atoms with Crippen LogP contribution in [0.25, 0.3) is 0 Å². The van der Waals surface area contributed by atoms with E-state index in [1.165, 1.54) is 10.9 Å². The number of aromatic amines is 1. The van der Waals surface area contributed by atoms with Gasteiger partial charge in [-0.25, -0.2) is 0 Å². The third-order valence-corrected chi connectivity index (χ3v) is 2.38. The van der Waals surface area contributed by atoms with Gasteiger partial charge in [-0.15, -0.1) is 0 Å². The molecular formula is C9H10ClN5O. The average Bonchev–Trinajstić information content (AvgIpc) is 2.86. The Hall–Kier alpha value is -1.82. The minimum Gasteiger partial charge on any atom is -0.345 e. The van der Waals surface area contributed by atoms with Crippen LogP contribution in [0.3, 0.4) is 0 Å². The number of aryl methyl sites for hydroxylation is 1. The van der Waals surface area contributed by atoms with Gasteiger partial charge in [-0.3, -0.25) is 14.6 Å². The fourth-order valence-electron chi connectivity index (χ4n) is 1.31. The molecule has 84 valence electrons. The molecule has 2 aromatic rings. The van der Waals surface area contributed by atoms with Crippen molar-refractivity contribution in [2.24, 2.45) is 7.05 Å². The molecule has 6 nitrogen and oxygen atoms in total. The summed E-state index contributed by atoms with van der Waals surface area (Å²) in [5, 5.41) is 13.5. The van der Waals surface area contributed by atoms with Crippen molar-refractivity contribution in [2.75, 3.05) is 0 Å². The van der Waals surface area contributed by atoms with Crippen molar-refractivity contribution in [3.63, 3.8) is 0 Å². The predicted molar refractivity (Wildman–Crippen MR) is 58.0 cm³/mol. The molecule has 0 aliphatic carbocycles. The summed E-state index contributed by atoms with van der Waals surface area (Å²) in [4.78, 5) is 11.8. The SMILES string of the molecule is Cn1ncc(Cl)c1C(=O)NCc1ccn[nH]1. The number of carbonyl (C=O) groups is 1. The molecule has 7 heteroatoms. The summed E-state index contributed by atoms with van der Waals surface area (Å²) < 4.78 is 1.44. The van der Waals surface area contributed by atoms with E-state index in [0.29, 0.717) is 17.3 Å². The van der Waals surface area contributed by atoms with Crippen molar-refractivity contribution in [1.29, 1.82) is 0 Å². The Morgan fingerprint density at radius 3 is 3.06 bits per heavy atom. The van der Waals surface area contributed by atoms with Gasteiger partial charge in [0.05, 0.1) is 23.5 Å². The molecule has 0 saturated carbocycles. The first-order valence-corrected chi connectivity index (χ1v) is 5.00. The van der Waals surface area contributed by atoms with Gasteiger partial charge in [0.15, 0.2) is 0 Å². The highest BCUT2D eigenvalue weighted by molar-refractivity contribution is 6.33. The van der Waals surface area contributed by atoms with Crippen LogP contribution in [0.15, 0.2) is 18.5 Å². The summed E-state index contributed by atoms with van der Waals surface area (Å²) in [5.74, 6) is -0.264. The monoisotopic (exact) mass is 239 g/mol. The van der Waals surface area contributed by atoms with Gasteiger partial charge in [-0.1, -0.05) is 11.6 Å². The largest absolute Gasteiger partial charge is 0.345 e. The van der Waals surface area contributed by atoms with Gasteiger partial charge >= 0.3 is 0 Å². The van der Waals surface area contributed by atoms with Crippen LogP contribution in [0.1, 0.15) is 16.2 Å². The first-order chi connectivity index (χ1) is 7.68. The Labute approximate surface area is 96.6 Å². The van der Waals surface area contributed by atoms with E-state index in [4.69, 9.17) is 11.6 Å². The Morgan fingerprint density at radius 1 is 1.69 bits per heavy atom. The molecule has 0 unspecified atom stereocenters. The van der Waals surface area contributed by atoms with Gasteiger partial charge in [0, 0.05) is 13.2 Å². The quantitative estimate of drug-likeness (QED) is 0.829. The van der Waals surface area contributed by atoms with Crippen molar-refractivity contribution in [2.45, 2.75) is 6.54 Å². The Morgan fingerprint density at radius 2 is 2.50 bits per heavy atom. The van der Waals surface area contributed by atoms with Crippen molar-refractivity contribution < 1.29 is 4.79 Å². The highest BCUT2D eigenvalue weighted by Crippen LogP contribution is 2.13. The van der Waals surface area contributed by atoms with Crippen molar-refractivity contribution in [3.05, 3.63) is 34.9 Å². The van der Waals surface area contributed by atoms with Crippen LogP contribution in [-0.4, -0.2) is 25.9 Å². The third-order valence-electron chi connectivity index (χ3n) is 2.11. The van der Waals surface area contributed by atoms with E-state index in [9.17, 15) is 4.79 Å². The van der Waals surface area contributed by atoms with Gasteiger partial charge < -0.3 is 5.32 Å². The second kappa shape index (κ2) is 4.36. The minimum atomic E-state index is -0.264. The van der Waals surface area contributed by atoms with Crippen LogP contribution >= 0.6 is 11.6 Å². The Bertz CT molecular complexity index is 470. The number of hydrogen-bond donors (Lipinski definition) is 2. The molecule has 0 bridgehead atoms. The van der Waals surface area contributed by atoms with Crippen LogP contribution < -0.4 is 5.32 Å². The molecule has 0 saturated heterocycles. The van der Waals surface area contributed by atoms with Crippen molar-refractivity contribution in [3.8, 4) is 0 Å². The maximum Gasteiger partial charge on any atom is 0.271 e. The number of nitrogens with one attached hydrogen (secondary N) is 2. The highest BCUT2D eigenvalue weighted by atomic mass is 35.5. The molecule has 16 heavy (non-hydrogen) atoms. The van der Waals surface area contributed by atoms with Gasteiger partial charge in [-0.2, -0.15) is 10.2 Å². The molecule has 2 aromatic heterocycles. The molecular weight excluding hydrogens is 230 g/mol. The number of rotatable bonds is 3. The van der Waals surface area contributed by atoms with Crippen LogP contribution in [-0.2, 0) is 13.6 Å². The third kappa shape index (κ3) is 2.06. The molecule has 1 amide bonds. The van der Waals surface area contributed by atoms with E-state index >= 15 is 0 Å².